The third-order valence-corrected chi connectivity index (χ3v) is 9.23. The summed E-state index contributed by atoms with van der Waals surface area (Å²) in [7, 11) is -0.474. The van der Waals surface area contributed by atoms with Gasteiger partial charge in [0.25, 0.3) is 0 Å². The van der Waals surface area contributed by atoms with E-state index in [0.29, 0.717) is 0 Å². The predicted molar refractivity (Wildman–Crippen MR) is 110 cm³/mol. The molecule has 1 aromatic rings. The van der Waals surface area contributed by atoms with Crippen molar-refractivity contribution in [1.82, 2.24) is 0 Å². The predicted octanol–water partition coefficient (Wildman–Crippen LogP) is 4.94. The summed E-state index contributed by atoms with van der Waals surface area (Å²) >= 11 is 0. The lowest BCUT2D eigenvalue weighted by Gasteiger charge is -2.47. The van der Waals surface area contributed by atoms with Crippen LogP contribution in [0.4, 0.5) is 0 Å². The molecule has 0 nitrogen and oxygen atoms in total. The lowest BCUT2D eigenvalue weighted by Crippen LogP contribution is -2.41. The van der Waals surface area contributed by atoms with E-state index >= 15 is 0 Å². The molecule has 0 spiro atoms. The molecule has 0 fully saturated rings. The van der Waals surface area contributed by atoms with Gasteiger partial charge in [0.05, 0.1) is 9.52 Å². The molecular weight excluding hydrogens is 304 g/mol. The highest BCUT2D eigenvalue weighted by atomic mass is 28.2. The fourth-order valence-electron chi connectivity index (χ4n) is 4.69. The van der Waals surface area contributed by atoms with Crippen LogP contribution in [0.3, 0.4) is 0 Å². The van der Waals surface area contributed by atoms with Gasteiger partial charge in [0.2, 0.25) is 0 Å². The molecule has 2 aliphatic rings. The van der Waals surface area contributed by atoms with Crippen LogP contribution in [0.5, 0.6) is 0 Å². The Labute approximate surface area is 149 Å². The molecule has 0 aromatic heterocycles. The van der Waals surface area contributed by atoms with E-state index in [0.717, 1.165) is 6.42 Å². The summed E-state index contributed by atoms with van der Waals surface area (Å²) in [5, 5.41) is 3.31. The highest BCUT2D eigenvalue weighted by molar-refractivity contribution is 6.61. The molecule has 24 heavy (non-hydrogen) atoms. The summed E-state index contributed by atoms with van der Waals surface area (Å²) in [5.41, 5.74) is 6.38. The summed E-state index contributed by atoms with van der Waals surface area (Å²) in [4.78, 5) is 0. The van der Waals surface area contributed by atoms with Crippen LogP contribution in [0, 0.1) is 17.8 Å². The van der Waals surface area contributed by atoms with Crippen molar-refractivity contribution in [2.45, 2.75) is 48.0 Å². The van der Waals surface area contributed by atoms with Gasteiger partial charge in [-0.05, 0) is 39.7 Å². The summed E-state index contributed by atoms with van der Waals surface area (Å²) in [6.45, 7) is 14.2. The zero-order chi connectivity index (χ0) is 17.5. The molecule has 0 radical (unpaired) electrons. The fourth-order valence-corrected chi connectivity index (χ4v) is 7.33. The molecule has 0 saturated heterocycles. The minimum absolute atomic E-state index is 0.151. The van der Waals surface area contributed by atoms with E-state index in [1.165, 1.54) is 11.1 Å². The maximum absolute atomic E-state index is 2.50. The van der Waals surface area contributed by atoms with Gasteiger partial charge in [-0.3, -0.25) is 0 Å². The molecule has 0 N–H and O–H groups in total. The van der Waals surface area contributed by atoms with E-state index in [2.05, 4.69) is 90.1 Å². The number of hydrogen-bond donors (Lipinski definition) is 0. The lowest BCUT2D eigenvalue weighted by molar-refractivity contribution is 0.224. The Morgan fingerprint density at radius 3 is 2.33 bits per heavy atom. The van der Waals surface area contributed by atoms with Gasteiger partial charge < -0.3 is 0 Å². The number of allylic oxidation sites excluding steroid dienone is 8. The highest BCUT2D eigenvalue weighted by Crippen LogP contribution is 2.59. The minimum atomic E-state index is -0.474. The van der Waals surface area contributed by atoms with Crippen molar-refractivity contribution in [1.29, 1.82) is 0 Å². The topological polar surface area (TPSA) is 0 Å². The van der Waals surface area contributed by atoms with Crippen LogP contribution in [0.25, 0.3) is 0 Å². The first-order valence-corrected chi connectivity index (χ1v) is 10.5. The summed E-state index contributed by atoms with van der Waals surface area (Å²) in [6, 6.07) is 9.16. The standard InChI is InChI=1S/C23H30Si/c1-16-11-10-12-20(15-16)24-21-18(3)17(2)19(4)23(21,6)22(5)13-8-7-9-14-22/h7-13,15H,14,24H2,1-6H3. The second kappa shape index (κ2) is 6.04. The van der Waals surface area contributed by atoms with Crippen LogP contribution in [0.1, 0.15) is 46.6 Å². The minimum Gasteiger partial charge on any atom is -0.0837 e. The normalized spacial score (nSPS) is 30.2. The zero-order valence-corrected chi connectivity index (χ0v) is 17.4. The van der Waals surface area contributed by atoms with Crippen molar-refractivity contribution in [2.75, 3.05) is 0 Å². The monoisotopic (exact) mass is 334 g/mol. The van der Waals surface area contributed by atoms with Gasteiger partial charge in [-0.15, -0.1) is 0 Å². The number of rotatable bonds is 3. The van der Waals surface area contributed by atoms with Gasteiger partial charge in [-0.2, -0.15) is 0 Å². The van der Waals surface area contributed by atoms with Crippen molar-refractivity contribution in [3.63, 3.8) is 0 Å². The smallest absolute Gasteiger partial charge is 0.0837 e. The summed E-state index contributed by atoms with van der Waals surface area (Å²) in [6.07, 6.45) is 10.4. The van der Waals surface area contributed by atoms with Gasteiger partial charge in [-0.25, -0.2) is 0 Å². The molecule has 126 valence electrons. The molecular formula is C23H30Si. The second-order valence-corrected chi connectivity index (χ2v) is 9.93. The quantitative estimate of drug-likeness (QED) is 0.687. The fraction of sp³-hybridized carbons (Fsp3) is 0.391. The van der Waals surface area contributed by atoms with Crippen LogP contribution in [-0.4, -0.2) is 9.52 Å². The maximum Gasteiger partial charge on any atom is 0.0839 e. The van der Waals surface area contributed by atoms with Gasteiger partial charge in [0, 0.05) is 10.8 Å². The molecule has 2 aliphatic carbocycles. The third kappa shape index (κ3) is 2.50. The van der Waals surface area contributed by atoms with Gasteiger partial charge in [0.15, 0.2) is 0 Å². The van der Waals surface area contributed by atoms with E-state index in [1.807, 2.05) is 0 Å². The molecule has 0 heterocycles. The number of benzene rings is 1. The van der Waals surface area contributed by atoms with Gasteiger partial charge >= 0.3 is 0 Å². The largest absolute Gasteiger partial charge is 0.0839 e. The Morgan fingerprint density at radius 1 is 0.958 bits per heavy atom. The molecule has 2 atom stereocenters. The molecule has 0 amide bonds. The van der Waals surface area contributed by atoms with Crippen molar-refractivity contribution in [3.8, 4) is 0 Å². The van der Waals surface area contributed by atoms with E-state index < -0.39 is 9.52 Å². The average molecular weight is 335 g/mol. The second-order valence-electron chi connectivity index (χ2n) is 8.05. The van der Waals surface area contributed by atoms with E-state index in [1.54, 1.807) is 21.5 Å². The Hall–Kier alpha value is -1.60. The molecule has 0 bridgehead atoms. The Kier molecular flexibility index (Phi) is 4.33. The Morgan fingerprint density at radius 2 is 1.71 bits per heavy atom. The SMILES string of the molecule is CC1=C(C)C(C)(C2(C)C=CC=CC2)C([SiH2]c2cccc(C)c2)=C1C. The van der Waals surface area contributed by atoms with Crippen molar-refractivity contribution in [2.24, 2.45) is 10.8 Å². The van der Waals surface area contributed by atoms with Crippen molar-refractivity contribution >= 4 is 14.7 Å². The number of aryl methyl sites for hydroxylation is 1. The van der Waals surface area contributed by atoms with Gasteiger partial charge in [-0.1, -0.05) is 89.5 Å². The first-order chi connectivity index (χ1) is 11.3. The van der Waals surface area contributed by atoms with Crippen LogP contribution in [-0.2, 0) is 0 Å². The van der Waals surface area contributed by atoms with Crippen LogP contribution in [0.15, 0.2) is 70.5 Å². The Balaban J connectivity index is 2.09. The Bertz CT molecular complexity index is 790. The van der Waals surface area contributed by atoms with Crippen molar-refractivity contribution in [3.05, 3.63) is 76.0 Å². The maximum atomic E-state index is 2.50. The molecule has 0 saturated carbocycles. The molecule has 2 unspecified atom stereocenters. The molecule has 1 aromatic carbocycles. The van der Waals surface area contributed by atoms with Crippen LogP contribution in [0.2, 0.25) is 0 Å². The van der Waals surface area contributed by atoms with Gasteiger partial charge in [0.1, 0.15) is 0 Å². The van der Waals surface area contributed by atoms with E-state index in [4.69, 9.17) is 0 Å². The van der Waals surface area contributed by atoms with Crippen molar-refractivity contribution < 1.29 is 0 Å². The van der Waals surface area contributed by atoms with Crippen LogP contribution < -0.4 is 5.19 Å². The van der Waals surface area contributed by atoms with E-state index in [-0.39, 0.29) is 10.8 Å². The third-order valence-electron chi connectivity index (χ3n) is 6.79. The lowest BCUT2D eigenvalue weighted by atomic mass is 9.60. The zero-order valence-electron chi connectivity index (χ0n) is 16.0. The first-order valence-electron chi connectivity index (χ1n) is 9.08. The average Bonchev–Trinajstić information content (AvgIpc) is 2.72. The summed E-state index contributed by atoms with van der Waals surface area (Å²) in [5.74, 6) is 0. The summed E-state index contributed by atoms with van der Waals surface area (Å²) < 4.78 is 0. The van der Waals surface area contributed by atoms with Crippen LogP contribution >= 0.6 is 0 Å². The highest BCUT2D eigenvalue weighted by Gasteiger charge is 2.50. The molecule has 1 heteroatoms. The van der Waals surface area contributed by atoms with E-state index in [9.17, 15) is 0 Å². The molecule has 3 rings (SSSR count). The molecule has 0 aliphatic heterocycles. The first kappa shape index (κ1) is 17.2. The number of hydrogen-bond acceptors (Lipinski definition) is 0.